The largest absolute Gasteiger partial charge is 0.465 e. The first-order valence-corrected chi connectivity index (χ1v) is 5.89. The molecular formula is C11H18N2O5. The molecule has 0 aliphatic carbocycles. The van der Waals surface area contributed by atoms with Crippen LogP contribution >= 0.6 is 0 Å². The van der Waals surface area contributed by atoms with Crippen LogP contribution < -0.4 is 5.32 Å². The van der Waals surface area contributed by atoms with E-state index >= 15 is 0 Å². The van der Waals surface area contributed by atoms with Gasteiger partial charge in [0.05, 0.1) is 12.6 Å². The summed E-state index contributed by atoms with van der Waals surface area (Å²) in [4.78, 5) is 23.5. The second-order valence-corrected chi connectivity index (χ2v) is 5.13. The zero-order valence-electron chi connectivity index (χ0n) is 10.7. The van der Waals surface area contributed by atoms with Gasteiger partial charge in [0.25, 0.3) is 0 Å². The van der Waals surface area contributed by atoms with Crippen molar-refractivity contribution < 1.29 is 24.2 Å². The quantitative estimate of drug-likeness (QED) is 0.691. The zero-order valence-corrected chi connectivity index (χ0v) is 10.7. The molecule has 102 valence electrons. The van der Waals surface area contributed by atoms with Gasteiger partial charge in [-0.1, -0.05) is 0 Å². The van der Waals surface area contributed by atoms with Crippen molar-refractivity contribution >= 4 is 12.0 Å². The summed E-state index contributed by atoms with van der Waals surface area (Å²) in [7, 11) is 0. The minimum Gasteiger partial charge on any atom is -0.465 e. The summed E-state index contributed by atoms with van der Waals surface area (Å²) in [5.74, 6) is -0.958. The SMILES string of the molecule is CC(=O)N[C@H]1CN(C(=O)O)C[C@@H]2OC(C)(C)O[C@H]12. The average Bonchev–Trinajstić information content (AvgIpc) is 2.51. The van der Waals surface area contributed by atoms with E-state index in [4.69, 9.17) is 14.6 Å². The van der Waals surface area contributed by atoms with Crippen LogP contribution in [0.2, 0.25) is 0 Å². The summed E-state index contributed by atoms with van der Waals surface area (Å²) in [6.45, 7) is 5.44. The maximum Gasteiger partial charge on any atom is 0.407 e. The van der Waals surface area contributed by atoms with E-state index in [2.05, 4.69) is 5.32 Å². The number of nitrogens with one attached hydrogen (secondary N) is 1. The topological polar surface area (TPSA) is 88.1 Å². The van der Waals surface area contributed by atoms with E-state index in [0.29, 0.717) is 0 Å². The van der Waals surface area contributed by atoms with Gasteiger partial charge >= 0.3 is 6.09 Å². The number of fused-ring (bicyclic) bond motifs is 1. The van der Waals surface area contributed by atoms with E-state index in [1.54, 1.807) is 13.8 Å². The number of hydrogen-bond acceptors (Lipinski definition) is 4. The average molecular weight is 258 g/mol. The molecule has 2 saturated heterocycles. The molecule has 2 amide bonds. The Kier molecular flexibility index (Phi) is 3.20. The van der Waals surface area contributed by atoms with E-state index in [9.17, 15) is 9.59 Å². The van der Waals surface area contributed by atoms with Crippen molar-refractivity contribution in [2.45, 2.75) is 44.8 Å². The van der Waals surface area contributed by atoms with Gasteiger partial charge in [0.2, 0.25) is 5.91 Å². The predicted molar refractivity (Wildman–Crippen MR) is 61.0 cm³/mol. The Labute approximate surface area is 105 Å². The first-order chi connectivity index (χ1) is 8.28. The Bertz CT molecular complexity index is 370. The number of nitrogens with zero attached hydrogens (tertiary/aromatic N) is 1. The lowest BCUT2D eigenvalue weighted by Crippen LogP contribution is -2.61. The smallest absolute Gasteiger partial charge is 0.407 e. The van der Waals surface area contributed by atoms with E-state index in [-0.39, 0.29) is 37.2 Å². The standard InChI is InChI=1S/C11H18N2O5/c1-6(14)12-7-4-13(10(15)16)5-8-9(7)18-11(2,3)17-8/h7-9H,4-5H2,1-3H3,(H,12,14)(H,15,16)/t7-,8-,9+/m0/s1. The molecule has 2 aliphatic heterocycles. The monoisotopic (exact) mass is 258 g/mol. The zero-order chi connectivity index (χ0) is 13.5. The molecule has 2 aliphatic rings. The molecule has 0 unspecified atom stereocenters. The number of piperidine rings is 1. The molecule has 7 nitrogen and oxygen atoms in total. The van der Waals surface area contributed by atoms with Crippen LogP contribution in [0.1, 0.15) is 20.8 Å². The Morgan fingerprint density at radius 1 is 1.33 bits per heavy atom. The molecule has 0 bridgehead atoms. The third-order valence-electron chi connectivity index (χ3n) is 3.09. The number of ether oxygens (including phenoxy) is 2. The molecule has 7 heteroatoms. The Morgan fingerprint density at radius 2 is 2.00 bits per heavy atom. The van der Waals surface area contributed by atoms with Gasteiger partial charge in [0, 0.05) is 13.5 Å². The number of amides is 2. The molecule has 2 rings (SSSR count). The summed E-state index contributed by atoms with van der Waals surface area (Å²) < 4.78 is 11.4. The van der Waals surface area contributed by atoms with Crippen molar-refractivity contribution in [1.29, 1.82) is 0 Å². The van der Waals surface area contributed by atoms with Gasteiger partial charge in [-0.2, -0.15) is 0 Å². The van der Waals surface area contributed by atoms with Crippen LogP contribution in [-0.4, -0.2) is 59.1 Å². The highest BCUT2D eigenvalue weighted by molar-refractivity contribution is 5.73. The minimum absolute atomic E-state index is 0.209. The van der Waals surface area contributed by atoms with E-state index in [1.807, 2.05) is 0 Å². The third kappa shape index (κ3) is 2.56. The number of carbonyl (C=O) groups is 2. The van der Waals surface area contributed by atoms with Crippen LogP contribution in [0.25, 0.3) is 0 Å². The van der Waals surface area contributed by atoms with Gasteiger partial charge in [-0.15, -0.1) is 0 Å². The first-order valence-electron chi connectivity index (χ1n) is 5.89. The van der Waals surface area contributed by atoms with Crippen LogP contribution in [0.4, 0.5) is 4.79 Å². The second kappa shape index (κ2) is 4.40. The molecule has 0 spiro atoms. The number of carboxylic acid groups (broad SMARTS) is 1. The molecule has 18 heavy (non-hydrogen) atoms. The fourth-order valence-electron chi connectivity index (χ4n) is 2.52. The van der Waals surface area contributed by atoms with Gasteiger partial charge in [-0.3, -0.25) is 4.79 Å². The lowest BCUT2D eigenvalue weighted by atomic mass is 10.00. The van der Waals surface area contributed by atoms with Crippen LogP contribution in [-0.2, 0) is 14.3 Å². The van der Waals surface area contributed by atoms with E-state index < -0.39 is 11.9 Å². The summed E-state index contributed by atoms with van der Waals surface area (Å²) in [6, 6.07) is -0.376. The summed E-state index contributed by atoms with van der Waals surface area (Å²) in [5, 5.41) is 11.8. The predicted octanol–water partition coefficient (Wildman–Crippen LogP) is 0.00480. The van der Waals surface area contributed by atoms with Crippen molar-refractivity contribution in [3.05, 3.63) is 0 Å². The Morgan fingerprint density at radius 3 is 2.56 bits per heavy atom. The highest BCUT2D eigenvalue weighted by atomic mass is 16.8. The van der Waals surface area contributed by atoms with Gasteiger partial charge in [0.1, 0.15) is 12.2 Å². The van der Waals surface area contributed by atoms with Crippen LogP contribution in [0.15, 0.2) is 0 Å². The highest BCUT2D eigenvalue weighted by Crippen LogP contribution is 2.33. The van der Waals surface area contributed by atoms with Crippen LogP contribution in [0, 0.1) is 0 Å². The second-order valence-electron chi connectivity index (χ2n) is 5.13. The van der Waals surface area contributed by atoms with E-state index in [0.717, 1.165) is 0 Å². The van der Waals surface area contributed by atoms with Crippen molar-refractivity contribution in [2.75, 3.05) is 13.1 Å². The fourth-order valence-corrected chi connectivity index (χ4v) is 2.52. The van der Waals surface area contributed by atoms with Crippen LogP contribution in [0.3, 0.4) is 0 Å². The number of hydrogen-bond donors (Lipinski definition) is 2. The molecule has 0 radical (unpaired) electrons. The molecule has 3 atom stereocenters. The summed E-state index contributed by atoms with van der Waals surface area (Å²) >= 11 is 0. The highest BCUT2D eigenvalue weighted by Gasteiger charge is 2.50. The molecule has 2 fully saturated rings. The van der Waals surface area contributed by atoms with Crippen molar-refractivity contribution in [3.63, 3.8) is 0 Å². The molecule has 2 heterocycles. The van der Waals surface area contributed by atoms with Gasteiger partial charge in [-0.05, 0) is 13.8 Å². The fraction of sp³-hybridized carbons (Fsp3) is 0.818. The normalized spacial score (nSPS) is 33.9. The molecule has 2 N–H and O–H groups in total. The minimum atomic E-state index is -1.02. The van der Waals surface area contributed by atoms with Crippen LogP contribution in [0.5, 0.6) is 0 Å². The Hall–Kier alpha value is -1.34. The van der Waals surface area contributed by atoms with E-state index in [1.165, 1.54) is 11.8 Å². The summed E-state index contributed by atoms with van der Waals surface area (Å²) in [6.07, 6.45) is -1.67. The van der Waals surface area contributed by atoms with Gasteiger partial charge in [-0.25, -0.2) is 4.79 Å². The third-order valence-corrected chi connectivity index (χ3v) is 3.09. The van der Waals surface area contributed by atoms with Gasteiger partial charge < -0.3 is 24.8 Å². The van der Waals surface area contributed by atoms with Gasteiger partial charge in [0.15, 0.2) is 5.79 Å². The van der Waals surface area contributed by atoms with Crippen molar-refractivity contribution in [2.24, 2.45) is 0 Å². The molecular weight excluding hydrogens is 240 g/mol. The molecule has 0 saturated carbocycles. The maximum atomic E-state index is 11.2. The molecule has 0 aromatic carbocycles. The lowest BCUT2D eigenvalue weighted by molar-refractivity contribution is -0.147. The summed E-state index contributed by atoms with van der Waals surface area (Å²) in [5.41, 5.74) is 0. The first kappa shape index (κ1) is 13.1. The number of rotatable bonds is 1. The maximum absolute atomic E-state index is 11.2. The van der Waals surface area contributed by atoms with Crippen molar-refractivity contribution in [3.8, 4) is 0 Å². The molecule has 0 aromatic rings. The molecule has 0 aromatic heterocycles. The Balaban J connectivity index is 2.16. The number of likely N-dealkylation sites (tertiary alicyclic amines) is 1. The lowest BCUT2D eigenvalue weighted by Gasteiger charge is -2.37. The number of carbonyl (C=O) groups excluding carboxylic acids is 1. The van der Waals surface area contributed by atoms with Crippen molar-refractivity contribution in [1.82, 2.24) is 10.2 Å².